The molecule has 1 N–H and O–H groups in total. The molecule has 1 aliphatic rings. The fraction of sp³-hybridized carbons (Fsp3) is 0.455. The summed E-state index contributed by atoms with van der Waals surface area (Å²) >= 11 is 6.38. The van der Waals surface area contributed by atoms with E-state index in [0.29, 0.717) is 42.4 Å². The lowest BCUT2D eigenvalue weighted by atomic mass is 9.78. The second-order valence-electron chi connectivity index (χ2n) is 8.47. The molecule has 1 atom stereocenters. The van der Waals surface area contributed by atoms with Gasteiger partial charge in [-0.2, -0.15) is 0 Å². The topological polar surface area (TPSA) is 77.8 Å². The van der Waals surface area contributed by atoms with E-state index in [1.165, 1.54) is 6.20 Å². The zero-order chi connectivity index (χ0) is 22.2. The maximum absolute atomic E-state index is 15.2. The van der Waals surface area contributed by atoms with Crippen LogP contribution in [0.2, 0.25) is 5.02 Å². The molecular formula is C22H25ClFNO5. The minimum Gasteiger partial charge on any atom is -0.492 e. The van der Waals surface area contributed by atoms with Crippen molar-refractivity contribution in [2.75, 3.05) is 20.3 Å². The van der Waals surface area contributed by atoms with Crippen molar-refractivity contribution >= 4 is 17.6 Å². The Morgan fingerprint density at radius 2 is 2.03 bits per heavy atom. The molecule has 30 heavy (non-hydrogen) atoms. The van der Waals surface area contributed by atoms with Crippen molar-refractivity contribution in [3.05, 3.63) is 50.5 Å². The first kappa shape index (κ1) is 22.3. The number of aromatic nitrogens is 1. The predicted molar refractivity (Wildman–Crippen MR) is 112 cm³/mol. The largest absolute Gasteiger partial charge is 0.492 e. The molecule has 0 saturated heterocycles. The van der Waals surface area contributed by atoms with Gasteiger partial charge >= 0.3 is 5.97 Å². The van der Waals surface area contributed by atoms with Gasteiger partial charge in [-0.1, -0.05) is 32.4 Å². The van der Waals surface area contributed by atoms with Gasteiger partial charge in [-0.3, -0.25) is 4.79 Å². The van der Waals surface area contributed by atoms with Gasteiger partial charge in [0.25, 0.3) is 0 Å². The Kier molecular flexibility index (Phi) is 6.24. The Morgan fingerprint density at radius 3 is 2.63 bits per heavy atom. The molecule has 1 aromatic heterocycles. The number of aromatic carboxylic acids is 1. The summed E-state index contributed by atoms with van der Waals surface area (Å²) in [4.78, 5) is 23.8. The fourth-order valence-corrected chi connectivity index (χ4v) is 3.99. The molecule has 2 heterocycles. The normalized spacial score (nSPS) is 15.5. The van der Waals surface area contributed by atoms with E-state index in [1.807, 2.05) is 20.8 Å². The van der Waals surface area contributed by atoms with E-state index in [1.54, 1.807) is 23.8 Å². The first-order valence-corrected chi connectivity index (χ1v) is 10.1. The van der Waals surface area contributed by atoms with Crippen molar-refractivity contribution in [1.29, 1.82) is 0 Å². The third-order valence-electron chi connectivity index (χ3n) is 5.32. The average molecular weight is 438 g/mol. The first-order valence-electron chi connectivity index (χ1n) is 9.68. The maximum atomic E-state index is 15.2. The lowest BCUT2D eigenvalue weighted by Crippen LogP contribution is -2.34. The van der Waals surface area contributed by atoms with Crippen LogP contribution < -0.4 is 10.2 Å². The summed E-state index contributed by atoms with van der Waals surface area (Å²) in [6, 6.07) is 3.09. The van der Waals surface area contributed by atoms with E-state index >= 15 is 4.39 Å². The number of carboxylic acids is 1. The molecule has 1 aliphatic heterocycles. The summed E-state index contributed by atoms with van der Waals surface area (Å²) < 4.78 is 27.5. The van der Waals surface area contributed by atoms with Gasteiger partial charge in [0.15, 0.2) is 5.82 Å². The van der Waals surface area contributed by atoms with E-state index in [0.717, 1.165) is 5.56 Å². The number of pyridine rings is 1. The number of hydrogen-bond acceptors (Lipinski definition) is 4. The number of rotatable bonds is 6. The third kappa shape index (κ3) is 4.09. The highest BCUT2D eigenvalue weighted by Gasteiger charge is 2.36. The molecule has 3 rings (SSSR count). The molecule has 0 aliphatic carbocycles. The highest BCUT2D eigenvalue weighted by molar-refractivity contribution is 6.32. The summed E-state index contributed by atoms with van der Waals surface area (Å²) in [6.45, 7) is 6.94. The minimum atomic E-state index is -1.45. The van der Waals surface area contributed by atoms with Gasteiger partial charge < -0.3 is 19.1 Å². The molecular weight excluding hydrogens is 413 g/mol. The van der Waals surface area contributed by atoms with Crippen molar-refractivity contribution in [1.82, 2.24) is 4.57 Å². The van der Waals surface area contributed by atoms with Crippen molar-refractivity contribution < 1.29 is 23.8 Å². The highest BCUT2D eigenvalue weighted by atomic mass is 35.5. The monoisotopic (exact) mass is 437 g/mol. The van der Waals surface area contributed by atoms with Gasteiger partial charge in [0.2, 0.25) is 5.43 Å². The average Bonchev–Trinajstić information content (AvgIpc) is 2.66. The number of methoxy groups -OCH3 is 1. The summed E-state index contributed by atoms with van der Waals surface area (Å²) in [6.07, 6.45) is 2.45. The van der Waals surface area contributed by atoms with Crippen molar-refractivity contribution in [2.45, 2.75) is 39.7 Å². The number of halogens is 2. The number of fused-ring (bicyclic) bond motifs is 3. The van der Waals surface area contributed by atoms with Gasteiger partial charge in [-0.15, -0.1) is 0 Å². The van der Waals surface area contributed by atoms with E-state index in [4.69, 9.17) is 21.1 Å². The molecule has 2 aromatic rings. The van der Waals surface area contributed by atoms with Crippen molar-refractivity contribution in [3.63, 3.8) is 0 Å². The second kappa shape index (κ2) is 8.40. The fourth-order valence-electron chi connectivity index (χ4n) is 3.77. The quantitative estimate of drug-likeness (QED) is 0.670. The Morgan fingerprint density at radius 1 is 1.33 bits per heavy atom. The lowest BCUT2D eigenvalue weighted by molar-refractivity contribution is 0.0692. The highest BCUT2D eigenvalue weighted by Crippen LogP contribution is 2.45. The van der Waals surface area contributed by atoms with Crippen LogP contribution in [0.1, 0.15) is 49.2 Å². The smallest absolute Gasteiger partial charge is 0.341 e. The third-order valence-corrected chi connectivity index (χ3v) is 5.62. The first-order chi connectivity index (χ1) is 14.1. The minimum absolute atomic E-state index is 0.0546. The Balaban J connectivity index is 2.18. The van der Waals surface area contributed by atoms with E-state index in [9.17, 15) is 14.7 Å². The standard InChI is InChI=1S/C22H25ClFNO5/c1-22(2,3)17-9-12-8-16(30-7-5-6-29-4)15(23)10-13(12)19-18(24)20(26)14(21(27)28)11-25(17)19/h8,10-11,17H,5-7,9H2,1-4H3,(H,27,28)/t17-/m1/s1. The lowest BCUT2D eigenvalue weighted by Gasteiger charge is -2.39. The molecule has 0 spiro atoms. The van der Waals surface area contributed by atoms with E-state index < -0.39 is 22.8 Å². The van der Waals surface area contributed by atoms with Crippen molar-refractivity contribution in [2.24, 2.45) is 5.41 Å². The van der Waals surface area contributed by atoms with E-state index in [-0.39, 0.29) is 17.2 Å². The van der Waals surface area contributed by atoms with Gasteiger partial charge in [-0.25, -0.2) is 9.18 Å². The van der Waals surface area contributed by atoms with Crippen LogP contribution in [0.3, 0.4) is 0 Å². The summed E-state index contributed by atoms with van der Waals surface area (Å²) in [5.74, 6) is -2.06. The van der Waals surface area contributed by atoms with Crippen LogP contribution in [0.25, 0.3) is 11.3 Å². The number of ether oxygens (including phenoxy) is 2. The van der Waals surface area contributed by atoms with Gasteiger partial charge in [0.1, 0.15) is 11.3 Å². The number of hydrogen-bond donors (Lipinski definition) is 1. The maximum Gasteiger partial charge on any atom is 0.341 e. The summed E-state index contributed by atoms with van der Waals surface area (Å²) in [7, 11) is 1.61. The summed E-state index contributed by atoms with van der Waals surface area (Å²) in [5.41, 5.74) is -0.732. The van der Waals surface area contributed by atoms with Crippen LogP contribution in [-0.4, -0.2) is 36.0 Å². The summed E-state index contributed by atoms with van der Waals surface area (Å²) in [5, 5.41) is 9.64. The SMILES string of the molecule is COCCCOc1cc2c(cc1Cl)-c1c(F)c(=O)c(C(=O)O)cn1[C@@H](C(C)(C)C)C2. The molecule has 0 radical (unpaired) electrons. The zero-order valence-electron chi connectivity index (χ0n) is 17.4. The number of benzene rings is 1. The Hall–Kier alpha value is -2.38. The molecule has 6 nitrogen and oxygen atoms in total. The second-order valence-corrected chi connectivity index (χ2v) is 8.87. The molecule has 0 amide bonds. The molecule has 0 fully saturated rings. The Bertz CT molecular complexity index is 1040. The molecule has 162 valence electrons. The van der Waals surface area contributed by atoms with Crippen LogP contribution in [0, 0.1) is 11.2 Å². The Labute approximate surface area is 179 Å². The number of carboxylic acid groups (broad SMARTS) is 1. The van der Waals surface area contributed by atoms with Crippen LogP contribution in [-0.2, 0) is 11.2 Å². The molecule has 1 aromatic carbocycles. The molecule has 0 bridgehead atoms. The van der Waals surface area contributed by atoms with Gasteiger partial charge in [0, 0.05) is 37.9 Å². The van der Waals surface area contributed by atoms with Gasteiger partial charge in [0.05, 0.1) is 17.3 Å². The molecule has 0 saturated carbocycles. The van der Waals surface area contributed by atoms with Crippen LogP contribution in [0.4, 0.5) is 4.39 Å². The number of carbonyl (C=O) groups is 1. The predicted octanol–water partition coefficient (Wildman–Crippen LogP) is 4.56. The van der Waals surface area contributed by atoms with Crippen LogP contribution in [0.5, 0.6) is 5.75 Å². The van der Waals surface area contributed by atoms with E-state index in [2.05, 4.69) is 0 Å². The molecule has 8 heteroatoms. The van der Waals surface area contributed by atoms with Crippen molar-refractivity contribution in [3.8, 4) is 17.0 Å². The van der Waals surface area contributed by atoms with Crippen LogP contribution in [0.15, 0.2) is 23.1 Å². The zero-order valence-corrected chi connectivity index (χ0v) is 18.2. The number of nitrogens with zero attached hydrogens (tertiary/aromatic N) is 1. The van der Waals surface area contributed by atoms with Crippen LogP contribution >= 0.6 is 11.6 Å². The molecule has 0 unspecified atom stereocenters. The van der Waals surface area contributed by atoms with Gasteiger partial charge in [-0.05, 0) is 29.5 Å².